The molecule has 0 aliphatic heterocycles. The first-order chi connectivity index (χ1) is 16.5. The van der Waals surface area contributed by atoms with Gasteiger partial charge in [-0.2, -0.15) is 0 Å². The molecule has 3 aromatic rings. The second kappa shape index (κ2) is 14.4. The van der Waals surface area contributed by atoms with Crippen LogP contribution in [0.15, 0.2) is 71.9 Å². The van der Waals surface area contributed by atoms with Gasteiger partial charge in [0.15, 0.2) is 0 Å². The van der Waals surface area contributed by atoms with Crippen LogP contribution in [0.25, 0.3) is 0 Å². The van der Waals surface area contributed by atoms with Crippen LogP contribution < -0.4 is 48.9 Å². The number of aliphatic carboxylic acids is 1. The second-order valence-corrected chi connectivity index (χ2v) is 7.30. The average molecular weight is 489 g/mol. The maximum Gasteiger partial charge on any atom is 1.00 e. The zero-order chi connectivity index (χ0) is 24.3. The molecule has 0 amide bonds. The monoisotopic (exact) mass is 489 g/mol. The Hall–Kier alpha value is -3.07. The van der Waals surface area contributed by atoms with E-state index in [0.717, 1.165) is 16.9 Å². The molecular formula is C26H25FNNaO6. The molecule has 0 radical (unpaired) electrons. The number of oxime groups is 1. The minimum absolute atomic E-state index is 0. The van der Waals surface area contributed by atoms with Gasteiger partial charge in [0.25, 0.3) is 0 Å². The number of benzene rings is 3. The SMILES string of the molecule is CON=C(COc1ccc(COc2ccc(CCC(=O)[O-])c(F)c2)cc1)c1ccc(OC)cc1.[Na+]. The van der Waals surface area contributed by atoms with Gasteiger partial charge in [-0.3, -0.25) is 0 Å². The van der Waals surface area contributed by atoms with Crippen molar-refractivity contribution in [3.63, 3.8) is 0 Å². The van der Waals surface area contributed by atoms with Gasteiger partial charge < -0.3 is 28.9 Å². The third kappa shape index (κ3) is 8.90. The van der Waals surface area contributed by atoms with Crippen LogP contribution in [0.4, 0.5) is 4.39 Å². The van der Waals surface area contributed by atoms with E-state index in [1.807, 2.05) is 36.4 Å². The van der Waals surface area contributed by atoms with E-state index in [0.29, 0.717) is 22.8 Å². The molecule has 0 saturated carbocycles. The molecule has 0 unspecified atom stereocenters. The van der Waals surface area contributed by atoms with Gasteiger partial charge in [-0.25, -0.2) is 4.39 Å². The zero-order valence-electron chi connectivity index (χ0n) is 20.0. The van der Waals surface area contributed by atoms with Crippen molar-refractivity contribution in [2.75, 3.05) is 20.8 Å². The zero-order valence-corrected chi connectivity index (χ0v) is 22.0. The summed E-state index contributed by atoms with van der Waals surface area (Å²) in [5.41, 5.74) is 2.66. The number of halogens is 1. The Kier molecular flexibility index (Phi) is 11.6. The van der Waals surface area contributed by atoms with Gasteiger partial charge in [0.05, 0.1) is 7.11 Å². The van der Waals surface area contributed by atoms with Crippen molar-refractivity contribution >= 4 is 11.7 Å². The molecule has 0 aliphatic carbocycles. The minimum atomic E-state index is -1.21. The Morgan fingerprint density at radius 1 is 0.914 bits per heavy atom. The number of rotatable bonds is 12. The molecule has 0 atom stereocenters. The number of hydrogen-bond acceptors (Lipinski definition) is 7. The van der Waals surface area contributed by atoms with Gasteiger partial charge >= 0.3 is 29.6 Å². The molecule has 9 heteroatoms. The Bertz CT molecular complexity index is 1120. The number of nitrogens with zero attached hydrogens (tertiary/aromatic N) is 1. The summed E-state index contributed by atoms with van der Waals surface area (Å²) in [7, 11) is 3.08. The molecule has 0 fully saturated rings. The van der Waals surface area contributed by atoms with Crippen LogP contribution >= 0.6 is 0 Å². The molecule has 0 heterocycles. The van der Waals surface area contributed by atoms with Gasteiger partial charge in [0.1, 0.15) is 49.1 Å². The van der Waals surface area contributed by atoms with Crippen molar-refractivity contribution < 1.29 is 62.9 Å². The molecule has 0 spiro atoms. The quantitative estimate of drug-likeness (QED) is 0.210. The second-order valence-electron chi connectivity index (χ2n) is 7.30. The van der Waals surface area contributed by atoms with Gasteiger partial charge in [-0.15, -0.1) is 0 Å². The summed E-state index contributed by atoms with van der Waals surface area (Å²) in [6, 6.07) is 19.1. The Morgan fingerprint density at radius 2 is 1.57 bits per heavy atom. The Morgan fingerprint density at radius 3 is 2.17 bits per heavy atom. The first kappa shape index (κ1) is 28.2. The number of carboxylic acids is 1. The topological polar surface area (TPSA) is 89.4 Å². The number of carboxylic acid groups (broad SMARTS) is 1. The van der Waals surface area contributed by atoms with Crippen LogP contribution in [0, 0.1) is 5.82 Å². The molecule has 178 valence electrons. The fourth-order valence-corrected chi connectivity index (χ4v) is 3.11. The van der Waals surface area contributed by atoms with Crippen molar-refractivity contribution in [3.8, 4) is 17.2 Å². The normalized spacial score (nSPS) is 10.8. The van der Waals surface area contributed by atoms with E-state index in [4.69, 9.17) is 19.0 Å². The summed E-state index contributed by atoms with van der Waals surface area (Å²) in [6.07, 6.45) is -0.157. The van der Waals surface area contributed by atoms with Gasteiger partial charge in [-0.05, 0) is 66.4 Å². The summed E-state index contributed by atoms with van der Waals surface area (Å²) in [5, 5.41) is 14.6. The Balaban J connectivity index is 0.00000432. The molecule has 3 rings (SSSR count). The van der Waals surface area contributed by atoms with E-state index in [-0.39, 0.29) is 55.6 Å². The van der Waals surface area contributed by atoms with E-state index in [1.165, 1.54) is 19.2 Å². The third-order valence-corrected chi connectivity index (χ3v) is 4.95. The van der Waals surface area contributed by atoms with E-state index in [2.05, 4.69) is 5.16 Å². The predicted molar refractivity (Wildman–Crippen MR) is 123 cm³/mol. The molecule has 3 aromatic carbocycles. The summed E-state index contributed by atoms with van der Waals surface area (Å²) in [4.78, 5) is 15.5. The molecule has 7 nitrogen and oxygen atoms in total. The van der Waals surface area contributed by atoms with Crippen molar-refractivity contribution in [1.29, 1.82) is 0 Å². The maximum atomic E-state index is 14.1. The van der Waals surface area contributed by atoms with Crippen LogP contribution in [-0.2, 0) is 22.7 Å². The van der Waals surface area contributed by atoms with E-state index >= 15 is 0 Å². The van der Waals surface area contributed by atoms with Crippen LogP contribution in [-0.4, -0.2) is 32.5 Å². The molecule has 0 N–H and O–H groups in total. The Labute approximate surface area is 225 Å². The van der Waals surface area contributed by atoms with E-state index in [9.17, 15) is 14.3 Å². The van der Waals surface area contributed by atoms with Crippen molar-refractivity contribution in [3.05, 3.63) is 89.2 Å². The summed E-state index contributed by atoms with van der Waals surface area (Å²) < 4.78 is 30.8. The number of hydrogen-bond donors (Lipinski definition) is 0. The van der Waals surface area contributed by atoms with Crippen LogP contribution in [0.5, 0.6) is 17.2 Å². The van der Waals surface area contributed by atoms with Crippen LogP contribution in [0.1, 0.15) is 23.1 Å². The van der Waals surface area contributed by atoms with Crippen molar-refractivity contribution in [2.24, 2.45) is 5.16 Å². The maximum absolute atomic E-state index is 14.1. The average Bonchev–Trinajstić information content (AvgIpc) is 2.85. The number of ether oxygens (including phenoxy) is 3. The first-order valence-electron chi connectivity index (χ1n) is 10.6. The molecule has 35 heavy (non-hydrogen) atoms. The molecule has 0 bridgehead atoms. The van der Waals surface area contributed by atoms with E-state index < -0.39 is 11.8 Å². The first-order valence-corrected chi connectivity index (χ1v) is 10.6. The standard InChI is InChI=1S/C26H26FNO6.Na/c1-31-21-11-6-20(7-12-21)25(28-32-2)17-34-22-9-3-18(4-10-22)16-33-23-13-5-19(24(27)15-23)8-14-26(29)30;/h3-7,9-13,15H,8,14,16-17H2,1-2H3,(H,29,30);/q;+1/p-1. The number of methoxy groups -OCH3 is 1. The minimum Gasteiger partial charge on any atom is -0.550 e. The smallest absolute Gasteiger partial charge is 0.550 e. The molecular weight excluding hydrogens is 464 g/mol. The summed E-state index contributed by atoms with van der Waals surface area (Å²) in [6.45, 7) is 0.444. The number of carbonyl (C=O) groups is 1. The van der Waals surface area contributed by atoms with E-state index in [1.54, 1.807) is 25.3 Å². The number of aryl methyl sites for hydroxylation is 1. The number of carbonyl (C=O) groups excluding carboxylic acids is 1. The molecule has 0 aliphatic rings. The van der Waals surface area contributed by atoms with Crippen molar-refractivity contribution in [1.82, 2.24) is 0 Å². The fraction of sp³-hybridized carbons (Fsp3) is 0.231. The predicted octanol–water partition coefficient (Wildman–Crippen LogP) is 0.529. The van der Waals surface area contributed by atoms with Crippen LogP contribution in [0.3, 0.4) is 0 Å². The van der Waals surface area contributed by atoms with Gasteiger partial charge in [0.2, 0.25) is 0 Å². The molecule has 0 aromatic heterocycles. The fourth-order valence-electron chi connectivity index (χ4n) is 3.11. The third-order valence-electron chi connectivity index (χ3n) is 4.95. The van der Waals surface area contributed by atoms with Crippen LogP contribution in [0.2, 0.25) is 0 Å². The molecule has 0 saturated heterocycles. The largest absolute Gasteiger partial charge is 1.00 e. The van der Waals surface area contributed by atoms with Crippen molar-refractivity contribution in [2.45, 2.75) is 19.4 Å². The van der Waals surface area contributed by atoms with Gasteiger partial charge in [-0.1, -0.05) is 23.4 Å². The summed E-state index contributed by atoms with van der Waals surface area (Å²) >= 11 is 0. The summed E-state index contributed by atoms with van der Waals surface area (Å²) in [5.74, 6) is 0.0240. The van der Waals surface area contributed by atoms with Gasteiger partial charge in [0, 0.05) is 17.6 Å².